The molecule has 146 valence electrons. The highest BCUT2D eigenvalue weighted by molar-refractivity contribution is 7.98. The van der Waals surface area contributed by atoms with E-state index in [0.717, 1.165) is 33.0 Å². The molecule has 0 aliphatic heterocycles. The maximum Gasteiger partial charge on any atom is 0.244 e. The molecule has 0 radical (unpaired) electrons. The van der Waals surface area contributed by atoms with Crippen molar-refractivity contribution in [1.82, 2.24) is 9.55 Å². The van der Waals surface area contributed by atoms with Crippen LogP contribution in [-0.2, 0) is 17.8 Å². The fourth-order valence-corrected chi connectivity index (χ4v) is 3.85. The third-order valence-electron chi connectivity index (χ3n) is 4.66. The van der Waals surface area contributed by atoms with Crippen LogP contribution in [0, 0.1) is 0 Å². The van der Waals surface area contributed by atoms with Gasteiger partial charge in [0.2, 0.25) is 5.91 Å². The third kappa shape index (κ3) is 4.63. The molecule has 0 saturated carbocycles. The Bertz CT molecular complexity index is 1150. The van der Waals surface area contributed by atoms with Crippen LogP contribution in [0.2, 0.25) is 5.02 Å². The SMILES string of the molecule is CSc1cccc(NC(=O)Cn2c(Cc3ccc(Cl)cc3)nc3ccccc32)c1. The molecule has 4 rings (SSSR count). The highest BCUT2D eigenvalue weighted by atomic mass is 35.5. The first-order chi connectivity index (χ1) is 14.1. The molecule has 1 aromatic heterocycles. The summed E-state index contributed by atoms with van der Waals surface area (Å²) in [5.74, 6) is 0.769. The Balaban J connectivity index is 1.61. The number of fused-ring (bicyclic) bond motifs is 1. The second-order valence-electron chi connectivity index (χ2n) is 6.69. The van der Waals surface area contributed by atoms with E-state index in [4.69, 9.17) is 16.6 Å². The smallest absolute Gasteiger partial charge is 0.244 e. The molecule has 0 fully saturated rings. The Labute approximate surface area is 178 Å². The summed E-state index contributed by atoms with van der Waals surface area (Å²) < 4.78 is 1.98. The molecule has 0 aliphatic rings. The zero-order chi connectivity index (χ0) is 20.2. The minimum Gasteiger partial charge on any atom is -0.324 e. The standard InChI is InChI=1S/C23H20ClN3OS/c1-29-19-6-4-5-18(14-19)25-23(28)15-27-21-8-3-2-7-20(21)26-22(27)13-16-9-11-17(24)12-10-16/h2-12,14H,13,15H2,1H3,(H,25,28). The van der Waals surface area contributed by atoms with Crippen LogP contribution in [0.1, 0.15) is 11.4 Å². The molecule has 0 atom stereocenters. The van der Waals surface area contributed by atoms with Crippen LogP contribution in [0.5, 0.6) is 0 Å². The molecular formula is C23H20ClN3OS. The topological polar surface area (TPSA) is 46.9 Å². The van der Waals surface area contributed by atoms with E-state index < -0.39 is 0 Å². The van der Waals surface area contributed by atoms with Crippen LogP contribution in [0.4, 0.5) is 5.69 Å². The van der Waals surface area contributed by atoms with Gasteiger partial charge in [-0.25, -0.2) is 4.98 Å². The van der Waals surface area contributed by atoms with E-state index >= 15 is 0 Å². The first-order valence-electron chi connectivity index (χ1n) is 9.25. The van der Waals surface area contributed by atoms with Crippen molar-refractivity contribution in [2.24, 2.45) is 0 Å². The zero-order valence-corrected chi connectivity index (χ0v) is 17.5. The number of carbonyl (C=O) groups is 1. The summed E-state index contributed by atoms with van der Waals surface area (Å²) in [4.78, 5) is 18.7. The second kappa shape index (κ2) is 8.72. The molecule has 4 nitrogen and oxygen atoms in total. The molecule has 0 saturated heterocycles. The minimum atomic E-state index is -0.0798. The average molecular weight is 422 g/mol. The summed E-state index contributed by atoms with van der Waals surface area (Å²) in [7, 11) is 0. The van der Waals surface area contributed by atoms with E-state index in [9.17, 15) is 4.79 Å². The highest BCUT2D eigenvalue weighted by Gasteiger charge is 2.14. The number of imidazole rings is 1. The Hall–Kier alpha value is -2.76. The monoisotopic (exact) mass is 421 g/mol. The molecule has 3 aromatic carbocycles. The van der Waals surface area contributed by atoms with Gasteiger partial charge in [0, 0.05) is 22.0 Å². The molecule has 1 amide bonds. The molecule has 29 heavy (non-hydrogen) atoms. The molecule has 6 heteroatoms. The van der Waals surface area contributed by atoms with Gasteiger partial charge in [-0.05, 0) is 54.3 Å². The lowest BCUT2D eigenvalue weighted by atomic mass is 10.1. The molecule has 1 heterocycles. The van der Waals surface area contributed by atoms with E-state index in [0.29, 0.717) is 11.4 Å². The van der Waals surface area contributed by atoms with E-state index in [1.54, 1.807) is 11.8 Å². The van der Waals surface area contributed by atoms with Crippen LogP contribution >= 0.6 is 23.4 Å². The van der Waals surface area contributed by atoms with Gasteiger partial charge in [0.05, 0.1) is 11.0 Å². The summed E-state index contributed by atoms with van der Waals surface area (Å²) in [6.07, 6.45) is 2.64. The first kappa shape index (κ1) is 19.6. The van der Waals surface area contributed by atoms with Crippen LogP contribution in [0.15, 0.2) is 77.7 Å². The van der Waals surface area contributed by atoms with Crippen molar-refractivity contribution in [3.63, 3.8) is 0 Å². The Morgan fingerprint density at radius 3 is 2.66 bits per heavy atom. The number of halogens is 1. The van der Waals surface area contributed by atoms with Gasteiger partial charge in [0.25, 0.3) is 0 Å². The molecule has 0 aliphatic carbocycles. The molecular weight excluding hydrogens is 402 g/mol. The maximum atomic E-state index is 12.8. The van der Waals surface area contributed by atoms with Gasteiger partial charge in [-0.15, -0.1) is 11.8 Å². The number of amides is 1. The van der Waals surface area contributed by atoms with Crippen molar-refractivity contribution in [2.45, 2.75) is 17.9 Å². The normalized spacial score (nSPS) is 11.0. The largest absolute Gasteiger partial charge is 0.324 e. The predicted octanol–water partition coefficient (Wildman–Crippen LogP) is 5.64. The van der Waals surface area contributed by atoms with Crippen molar-refractivity contribution in [3.8, 4) is 0 Å². The van der Waals surface area contributed by atoms with E-state index in [1.807, 2.05) is 83.6 Å². The molecule has 0 unspecified atom stereocenters. The van der Waals surface area contributed by atoms with E-state index in [2.05, 4.69) is 5.32 Å². The van der Waals surface area contributed by atoms with E-state index in [1.165, 1.54) is 0 Å². The summed E-state index contributed by atoms with van der Waals surface area (Å²) in [6, 6.07) is 23.4. The molecule has 0 bridgehead atoms. The van der Waals surface area contributed by atoms with Crippen molar-refractivity contribution >= 4 is 46.0 Å². The number of benzene rings is 3. The fraction of sp³-hybridized carbons (Fsp3) is 0.130. The van der Waals surface area contributed by atoms with Gasteiger partial charge < -0.3 is 9.88 Å². The number of aromatic nitrogens is 2. The van der Waals surface area contributed by atoms with Gasteiger partial charge in [-0.2, -0.15) is 0 Å². The average Bonchev–Trinajstić information content (AvgIpc) is 3.07. The van der Waals surface area contributed by atoms with Crippen molar-refractivity contribution in [3.05, 3.63) is 89.2 Å². The van der Waals surface area contributed by atoms with Crippen LogP contribution in [-0.4, -0.2) is 21.7 Å². The summed E-state index contributed by atoms with van der Waals surface area (Å²) >= 11 is 7.65. The lowest BCUT2D eigenvalue weighted by Gasteiger charge is -2.11. The quantitative estimate of drug-likeness (QED) is 0.410. The number of rotatable bonds is 6. The maximum absolute atomic E-state index is 12.8. The number of nitrogens with zero attached hydrogens (tertiary/aromatic N) is 2. The summed E-state index contributed by atoms with van der Waals surface area (Å²) in [5, 5.41) is 3.70. The van der Waals surface area contributed by atoms with Crippen molar-refractivity contribution in [1.29, 1.82) is 0 Å². The number of thioether (sulfide) groups is 1. The zero-order valence-electron chi connectivity index (χ0n) is 15.9. The van der Waals surface area contributed by atoms with Gasteiger partial charge in [0.1, 0.15) is 12.4 Å². The van der Waals surface area contributed by atoms with Crippen molar-refractivity contribution in [2.75, 3.05) is 11.6 Å². The van der Waals surface area contributed by atoms with Crippen molar-refractivity contribution < 1.29 is 4.79 Å². The number of nitrogens with one attached hydrogen (secondary N) is 1. The predicted molar refractivity (Wildman–Crippen MR) is 121 cm³/mol. The van der Waals surface area contributed by atoms with Crippen LogP contribution in [0.25, 0.3) is 11.0 Å². The molecule has 1 N–H and O–H groups in total. The Morgan fingerprint density at radius 2 is 1.86 bits per heavy atom. The third-order valence-corrected chi connectivity index (χ3v) is 5.64. The molecule has 4 aromatic rings. The number of para-hydroxylation sites is 2. The fourth-order valence-electron chi connectivity index (χ4n) is 3.27. The highest BCUT2D eigenvalue weighted by Crippen LogP contribution is 2.21. The Morgan fingerprint density at radius 1 is 1.07 bits per heavy atom. The first-order valence-corrected chi connectivity index (χ1v) is 10.8. The van der Waals surface area contributed by atoms with Gasteiger partial charge >= 0.3 is 0 Å². The lowest BCUT2D eigenvalue weighted by molar-refractivity contribution is -0.116. The second-order valence-corrected chi connectivity index (χ2v) is 8.00. The Kier molecular flexibility index (Phi) is 5.88. The lowest BCUT2D eigenvalue weighted by Crippen LogP contribution is -2.20. The van der Waals surface area contributed by atoms with Gasteiger partial charge in [0.15, 0.2) is 0 Å². The minimum absolute atomic E-state index is 0.0798. The van der Waals surface area contributed by atoms with Gasteiger partial charge in [-0.1, -0.05) is 41.9 Å². The molecule has 0 spiro atoms. The summed E-state index contributed by atoms with van der Waals surface area (Å²) in [6.45, 7) is 0.201. The van der Waals surface area contributed by atoms with Crippen LogP contribution < -0.4 is 5.32 Å². The summed E-state index contributed by atoms with van der Waals surface area (Å²) in [5.41, 5.74) is 3.72. The number of anilines is 1. The number of hydrogen-bond acceptors (Lipinski definition) is 3. The van der Waals surface area contributed by atoms with Crippen LogP contribution in [0.3, 0.4) is 0 Å². The van der Waals surface area contributed by atoms with Gasteiger partial charge in [-0.3, -0.25) is 4.79 Å². The number of hydrogen-bond donors (Lipinski definition) is 1. The number of carbonyl (C=O) groups excluding carboxylic acids is 1. The van der Waals surface area contributed by atoms with E-state index in [-0.39, 0.29) is 12.5 Å².